The van der Waals surface area contributed by atoms with Crippen LogP contribution in [-0.4, -0.2) is 77.9 Å². The van der Waals surface area contributed by atoms with E-state index in [2.05, 4.69) is 17.2 Å². The fourth-order valence-electron chi connectivity index (χ4n) is 5.57. The van der Waals surface area contributed by atoms with Crippen molar-refractivity contribution in [3.63, 3.8) is 0 Å². The normalized spacial score (nSPS) is 13.4. The summed E-state index contributed by atoms with van der Waals surface area (Å²) in [4.78, 5) is 79.7. The summed E-state index contributed by atoms with van der Waals surface area (Å²) in [6.45, 7) is 2.95. The Labute approximate surface area is 291 Å². The highest BCUT2D eigenvalue weighted by Gasteiger charge is 2.32. The highest BCUT2D eigenvalue weighted by Crippen LogP contribution is 2.39. The van der Waals surface area contributed by atoms with Crippen LogP contribution in [0.5, 0.6) is 11.5 Å². The van der Waals surface area contributed by atoms with E-state index in [1.54, 1.807) is 0 Å². The summed E-state index contributed by atoms with van der Waals surface area (Å²) in [5.41, 5.74) is 9.51. The fourth-order valence-corrected chi connectivity index (χ4v) is 5.96. The summed E-state index contributed by atoms with van der Waals surface area (Å²) >= 11 is 0. The van der Waals surface area contributed by atoms with Crippen molar-refractivity contribution in [2.24, 2.45) is 0 Å². The second kappa shape index (κ2) is 16.3. The first-order chi connectivity index (χ1) is 24.3. The van der Waals surface area contributed by atoms with E-state index in [-0.39, 0.29) is 62.7 Å². The van der Waals surface area contributed by atoms with Gasteiger partial charge in [-0.1, -0.05) is 25.5 Å². The van der Waals surface area contributed by atoms with E-state index in [0.29, 0.717) is 52.4 Å². The summed E-state index contributed by atoms with van der Waals surface area (Å²) in [5, 5.41) is 14.5. The monoisotopic (exact) mass is 726 g/mol. The zero-order valence-corrected chi connectivity index (χ0v) is 28.8. The summed E-state index contributed by atoms with van der Waals surface area (Å²) in [5.74, 6) is -1.66. The average Bonchev–Trinajstić information content (AvgIpc) is 3.60. The van der Waals surface area contributed by atoms with Crippen molar-refractivity contribution in [3.8, 4) is 11.5 Å². The van der Waals surface area contributed by atoms with Crippen LogP contribution in [0.25, 0.3) is 21.9 Å². The highest BCUT2D eigenvalue weighted by atomic mass is 31.2. The highest BCUT2D eigenvalue weighted by molar-refractivity contribution is 7.46. The summed E-state index contributed by atoms with van der Waals surface area (Å²) in [6.07, 6.45) is 2.42. The van der Waals surface area contributed by atoms with Crippen molar-refractivity contribution in [2.75, 3.05) is 25.5 Å². The number of nitrogens with one attached hydrogen (secondary N) is 1. The number of imidazole rings is 1. The number of phosphoric acid groups is 1. The van der Waals surface area contributed by atoms with Crippen molar-refractivity contribution < 1.29 is 52.7 Å². The number of phenolic OH excluding ortho intramolecular Hbond substituents is 1. The van der Waals surface area contributed by atoms with E-state index < -0.39 is 31.5 Å². The van der Waals surface area contributed by atoms with Gasteiger partial charge in [0.15, 0.2) is 5.82 Å². The van der Waals surface area contributed by atoms with Crippen molar-refractivity contribution in [3.05, 3.63) is 53.3 Å². The van der Waals surface area contributed by atoms with Gasteiger partial charge in [-0.25, -0.2) is 19.3 Å². The zero-order valence-electron chi connectivity index (χ0n) is 27.9. The molecule has 0 radical (unpaired) electrons. The smallest absolute Gasteiger partial charge is 0.508 e. The van der Waals surface area contributed by atoms with Gasteiger partial charge in [0.05, 0.1) is 37.2 Å². The number of aromatic nitrogens is 3. The molecule has 51 heavy (non-hydrogen) atoms. The molecule has 17 nitrogen and oxygen atoms in total. The molecule has 0 bridgehead atoms. The third kappa shape index (κ3) is 9.58. The average molecular weight is 727 g/mol. The predicted molar refractivity (Wildman–Crippen MR) is 182 cm³/mol. The number of aryl methyl sites for hydroxylation is 1. The predicted octanol–water partition coefficient (Wildman–Crippen LogP) is 2.80. The van der Waals surface area contributed by atoms with Crippen LogP contribution in [0.3, 0.4) is 0 Å². The number of imide groups is 1. The number of hydrogen-bond donors (Lipinski definition) is 5. The van der Waals surface area contributed by atoms with Gasteiger partial charge in [-0.3, -0.25) is 24.2 Å². The molecule has 0 unspecified atom stereocenters. The van der Waals surface area contributed by atoms with Gasteiger partial charge in [0.2, 0.25) is 5.91 Å². The largest absolute Gasteiger partial charge is 0.524 e. The Morgan fingerprint density at radius 3 is 2.51 bits per heavy atom. The van der Waals surface area contributed by atoms with Gasteiger partial charge in [-0.2, -0.15) is 0 Å². The molecular formula is C33H39N6O11P. The number of ether oxygens (including phenoxy) is 1. The van der Waals surface area contributed by atoms with Crippen LogP contribution in [0, 0.1) is 0 Å². The van der Waals surface area contributed by atoms with E-state index >= 15 is 0 Å². The molecule has 3 heterocycles. The third-order valence-electron chi connectivity index (χ3n) is 8.06. The number of carbonyl (C=O) groups excluding carboxylic acids is 4. The molecule has 0 spiro atoms. The number of pyridine rings is 1. The van der Waals surface area contributed by atoms with Crippen LogP contribution in [0.1, 0.15) is 62.4 Å². The number of rotatable bonds is 17. The van der Waals surface area contributed by atoms with Crippen molar-refractivity contribution in [1.82, 2.24) is 24.9 Å². The van der Waals surface area contributed by atoms with Gasteiger partial charge >= 0.3 is 13.8 Å². The summed E-state index contributed by atoms with van der Waals surface area (Å²) in [7, 11) is -4.81. The van der Waals surface area contributed by atoms with Gasteiger partial charge in [0.1, 0.15) is 22.8 Å². The number of phenols is 1. The minimum atomic E-state index is -4.81. The Bertz CT molecular complexity index is 1990. The Hall–Kier alpha value is -5.09. The maximum absolute atomic E-state index is 12.1. The SMILES string of the molecule is CCCCc1nc2c(N)nc3cc(CCOCCNC(=O)CCC(=O)ON4C(=O)CCC4=O)ccc3c2n1Cc1cc(OP(=O)(O)O)ccc1O. The maximum atomic E-state index is 12.1. The Morgan fingerprint density at radius 1 is 1.02 bits per heavy atom. The zero-order chi connectivity index (χ0) is 36.7. The maximum Gasteiger partial charge on any atom is 0.524 e. The minimum absolute atomic E-state index is 0.0107. The number of anilines is 1. The number of aromatic hydroxyl groups is 1. The Balaban J connectivity index is 1.20. The molecule has 2 aromatic heterocycles. The molecule has 2 aromatic carbocycles. The Kier molecular flexibility index (Phi) is 11.9. The van der Waals surface area contributed by atoms with E-state index in [9.17, 15) is 38.6 Å². The van der Waals surface area contributed by atoms with Crippen molar-refractivity contribution in [1.29, 1.82) is 0 Å². The van der Waals surface area contributed by atoms with Crippen LogP contribution in [0.2, 0.25) is 0 Å². The van der Waals surface area contributed by atoms with E-state index in [1.807, 2.05) is 22.8 Å². The lowest BCUT2D eigenvalue weighted by atomic mass is 10.1. The molecule has 1 aliphatic rings. The number of phosphoric ester groups is 1. The summed E-state index contributed by atoms with van der Waals surface area (Å²) < 4.78 is 23.8. The minimum Gasteiger partial charge on any atom is -0.508 e. The van der Waals surface area contributed by atoms with Gasteiger partial charge < -0.3 is 34.8 Å². The molecule has 272 valence electrons. The Morgan fingerprint density at radius 2 is 1.78 bits per heavy atom. The molecule has 1 fully saturated rings. The van der Waals surface area contributed by atoms with Crippen LogP contribution in [-0.2, 0) is 52.7 Å². The number of amides is 3. The molecule has 0 atom stereocenters. The number of hydroxylamine groups is 2. The lowest BCUT2D eigenvalue weighted by Gasteiger charge is -2.14. The molecule has 1 saturated heterocycles. The fraction of sp³-hybridized carbons (Fsp3) is 0.394. The van der Waals surface area contributed by atoms with Crippen molar-refractivity contribution >= 4 is 59.3 Å². The van der Waals surface area contributed by atoms with Gasteiger partial charge in [0.25, 0.3) is 11.8 Å². The lowest BCUT2D eigenvalue weighted by molar-refractivity contribution is -0.197. The number of carbonyl (C=O) groups is 4. The van der Waals surface area contributed by atoms with Crippen LogP contribution in [0.15, 0.2) is 36.4 Å². The standard InChI is InChI=1S/C33H39N6O11P/c1-2-3-4-26-37-31-32(38(26)19-21-18-22(6-8-25(21)40)50-51(45,46)47)23-7-5-20(17-24(23)36-33(31)34)13-15-48-16-14-35-27(41)9-12-30(44)49-39-28(42)10-11-29(39)43/h5-8,17-18,40H,2-4,9-16,19H2,1H3,(H2,34,36)(H,35,41)(H2,45,46,47). The van der Waals surface area contributed by atoms with Gasteiger partial charge in [0, 0.05) is 43.2 Å². The molecule has 6 N–H and O–H groups in total. The number of hydrogen-bond acceptors (Lipinski definition) is 12. The van der Waals surface area contributed by atoms with E-state index in [0.717, 1.165) is 23.8 Å². The van der Waals surface area contributed by atoms with Crippen LogP contribution >= 0.6 is 7.82 Å². The van der Waals surface area contributed by atoms with E-state index in [4.69, 9.17) is 24.8 Å². The molecule has 5 rings (SSSR count). The number of nitrogens with zero attached hydrogens (tertiary/aromatic N) is 4. The molecule has 0 saturated carbocycles. The topological polar surface area (TPSA) is 246 Å². The molecular weight excluding hydrogens is 687 g/mol. The van der Waals surface area contributed by atoms with E-state index in [1.165, 1.54) is 18.2 Å². The second-order valence-electron chi connectivity index (χ2n) is 11.9. The summed E-state index contributed by atoms with van der Waals surface area (Å²) in [6, 6.07) is 9.70. The quantitative estimate of drug-likeness (QED) is 0.0597. The van der Waals surface area contributed by atoms with Crippen LogP contribution < -0.4 is 15.6 Å². The lowest BCUT2D eigenvalue weighted by Crippen LogP contribution is -2.33. The molecule has 3 amide bonds. The first-order valence-electron chi connectivity index (χ1n) is 16.4. The molecule has 4 aromatic rings. The van der Waals surface area contributed by atoms with Gasteiger partial charge in [-0.05, 0) is 42.7 Å². The number of nitrogens with two attached hydrogens (primary N) is 1. The number of nitrogen functional groups attached to an aromatic ring is 1. The molecule has 1 aliphatic heterocycles. The first kappa shape index (κ1) is 37.2. The second-order valence-corrected chi connectivity index (χ2v) is 13.1. The van der Waals surface area contributed by atoms with Crippen molar-refractivity contribution in [2.45, 2.75) is 64.8 Å². The van der Waals surface area contributed by atoms with Crippen LogP contribution in [0.4, 0.5) is 5.82 Å². The first-order valence-corrected chi connectivity index (χ1v) is 17.9. The molecule has 18 heteroatoms. The third-order valence-corrected chi connectivity index (χ3v) is 8.51. The molecule has 0 aliphatic carbocycles. The number of unbranched alkanes of at least 4 members (excludes halogenated alkanes) is 1. The van der Waals surface area contributed by atoms with Gasteiger partial charge in [-0.15, -0.1) is 5.06 Å². The number of fused-ring (bicyclic) bond motifs is 3. The number of benzene rings is 2.